The van der Waals surface area contributed by atoms with Crippen LogP contribution in [0.5, 0.6) is 0 Å². The van der Waals surface area contributed by atoms with Crippen LogP contribution in [0.15, 0.2) is 36.9 Å². The van der Waals surface area contributed by atoms with Crippen molar-refractivity contribution in [2.24, 2.45) is 0 Å². The van der Waals surface area contributed by atoms with Gasteiger partial charge in [-0.25, -0.2) is 9.37 Å². The molecule has 2 N–H and O–H groups in total. The van der Waals surface area contributed by atoms with Gasteiger partial charge >= 0.3 is 0 Å². The normalized spacial score (nSPS) is 20.7. The molecule has 2 aliphatic heterocycles. The minimum absolute atomic E-state index is 0.225. The molecule has 0 saturated carbocycles. The van der Waals surface area contributed by atoms with Crippen molar-refractivity contribution in [2.75, 3.05) is 38.3 Å². The molecule has 2 aliphatic rings. The Morgan fingerprint density at radius 1 is 1.17 bits per heavy atom. The molecule has 35 heavy (non-hydrogen) atoms. The van der Waals surface area contributed by atoms with E-state index in [2.05, 4.69) is 50.9 Å². The van der Waals surface area contributed by atoms with Crippen LogP contribution in [0.1, 0.15) is 32.1 Å². The molecule has 2 saturated heterocycles. The number of anilines is 1. The second kappa shape index (κ2) is 11.2. The highest BCUT2D eigenvalue weighted by atomic mass is 28.3. The second-order valence-electron chi connectivity index (χ2n) is 11.1. The van der Waals surface area contributed by atoms with E-state index in [1.807, 2.05) is 12.4 Å². The van der Waals surface area contributed by atoms with Gasteiger partial charge in [0, 0.05) is 81.2 Å². The number of rotatable bonds is 5. The Bertz CT molecular complexity index is 1100. The zero-order valence-corrected chi connectivity index (χ0v) is 22.7. The summed E-state index contributed by atoms with van der Waals surface area (Å²) in [4.78, 5) is 14.3. The van der Waals surface area contributed by atoms with Gasteiger partial charge in [0.2, 0.25) is 0 Å². The summed E-state index contributed by atoms with van der Waals surface area (Å²) in [7, 11) is 0.961. The number of aromatic amines is 1. The average molecular weight is 498 g/mol. The number of fused-ring (bicyclic) bond motifs is 1. The number of halogens is 1. The molecule has 2 fully saturated rings. The van der Waals surface area contributed by atoms with Crippen molar-refractivity contribution in [3.05, 3.63) is 42.7 Å². The predicted molar refractivity (Wildman–Crippen MR) is 145 cm³/mol. The van der Waals surface area contributed by atoms with Crippen LogP contribution < -0.4 is 10.2 Å². The molecule has 6 nitrogen and oxygen atoms in total. The molecule has 1 atom stereocenters. The van der Waals surface area contributed by atoms with Gasteiger partial charge in [-0.05, 0) is 50.4 Å². The van der Waals surface area contributed by atoms with Crippen LogP contribution in [0.3, 0.4) is 0 Å². The highest BCUT2D eigenvalue weighted by molar-refractivity contribution is 6.76. The van der Waals surface area contributed by atoms with Gasteiger partial charge in [0.05, 0.1) is 6.20 Å². The molecule has 3 aromatic rings. The number of pyridine rings is 2. The third-order valence-corrected chi connectivity index (χ3v) is 8.83. The fraction of sp³-hybridized carbons (Fsp3) is 0.556. The highest BCUT2D eigenvalue weighted by Crippen LogP contribution is 2.38. The molecule has 0 amide bonds. The fourth-order valence-corrected chi connectivity index (χ4v) is 6.03. The number of H-pyrrole nitrogens is 1. The summed E-state index contributed by atoms with van der Waals surface area (Å²) in [6.45, 7) is 11.2. The van der Waals surface area contributed by atoms with Gasteiger partial charge < -0.3 is 19.9 Å². The maximum absolute atomic E-state index is 13.7. The quantitative estimate of drug-likeness (QED) is 0.433. The van der Waals surface area contributed by atoms with E-state index in [0.717, 1.165) is 48.4 Å². The first-order valence-electron chi connectivity index (χ1n) is 12.9. The largest absolute Gasteiger partial charge is 0.385 e. The minimum Gasteiger partial charge on any atom is -0.385 e. The number of hydrogen-bond donors (Lipinski definition) is 2. The number of nitrogens with zero attached hydrogens (tertiary/aromatic N) is 3. The standard InChI is InChI=1S/C21H24FN5.C6H16OSi/c22-16-10-15(11-23-12-16)17-13-25-20-19(17)18(4-8-24-20)27-9-3-6-21(14-27)5-1-2-7-26-21;1-7-5-6-8(2,3)4/h4,8,10-13,26H,1-3,5-7,9,14H2,(H,24,25);5-6H2,1-4H3. The summed E-state index contributed by atoms with van der Waals surface area (Å²) >= 11 is 0. The average Bonchev–Trinajstić information content (AvgIpc) is 3.28. The lowest BCUT2D eigenvalue weighted by atomic mass is 9.81. The zero-order chi connectivity index (χ0) is 24.9. The first kappa shape index (κ1) is 25.8. The molecule has 3 aromatic heterocycles. The Morgan fingerprint density at radius 2 is 2.00 bits per heavy atom. The number of piperidine rings is 2. The van der Waals surface area contributed by atoms with Gasteiger partial charge in [0.1, 0.15) is 11.5 Å². The van der Waals surface area contributed by atoms with Crippen LogP contribution in [0.4, 0.5) is 10.1 Å². The molecular formula is C27H40FN5OSi. The van der Waals surface area contributed by atoms with E-state index in [4.69, 9.17) is 4.74 Å². The lowest BCUT2D eigenvalue weighted by molar-refractivity contribution is 0.214. The Hall–Kier alpha value is -2.29. The fourth-order valence-electron chi connectivity index (χ4n) is 5.21. The van der Waals surface area contributed by atoms with E-state index in [1.54, 1.807) is 13.3 Å². The molecule has 190 valence electrons. The molecule has 0 radical (unpaired) electrons. The maximum atomic E-state index is 13.7. The van der Waals surface area contributed by atoms with Gasteiger partial charge in [0.25, 0.3) is 0 Å². The lowest BCUT2D eigenvalue weighted by Gasteiger charge is -2.47. The van der Waals surface area contributed by atoms with Crippen molar-refractivity contribution in [1.82, 2.24) is 20.3 Å². The number of hydrogen-bond acceptors (Lipinski definition) is 5. The van der Waals surface area contributed by atoms with E-state index >= 15 is 0 Å². The van der Waals surface area contributed by atoms with Gasteiger partial charge in [-0.2, -0.15) is 0 Å². The van der Waals surface area contributed by atoms with Crippen molar-refractivity contribution in [3.63, 3.8) is 0 Å². The van der Waals surface area contributed by atoms with Crippen LogP contribution in [0.2, 0.25) is 25.7 Å². The number of nitrogens with one attached hydrogen (secondary N) is 2. The highest BCUT2D eigenvalue weighted by Gasteiger charge is 2.37. The molecule has 5 heterocycles. The lowest BCUT2D eigenvalue weighted by Crippen LogP contribution is -2.59. The van der Waals surface area contributed by atoms with E-state index in [-0.39, 0.29) is 11.4 Å². The van der Waals surface area contributed by atoms with Gasteiger partial charge in [0.15, 0.2) is 0 Å². The minimum atomic E-state index is -0.803. The Labute approximate surface area is 209 Å². The molecule has 5 rings (SSSR count). The summed E-state index contributed by atoms with van der Waals surface area (Å²) in [5, 5.41) is 4.86. The van der Waals surface area contributed by atoms with E-state index in [0.29, 0.717) is 0 Å². The molecular weight excluding hydrogens is 457 g/mol. The van der Waals surface area contributed by atoms with Crippen LogP contribution in [-0.4, -0.2) is 61.9 Å². The van der Waals surface area contributed by atoms with Crippen molar-refractivity contribution >= 4 is 24.8 Å². The topological polar surface area (TPSA) is 66.1 Å². The molecule has 0 bridgehead atoms. The summed E-state index contributed by atoms with van der Waals surface area (Å²) < 4.78 is 18.7. The van der Waals surface area contributed by atoms with E-state index in [1.165, 1.54) is 56.1 Å². The molecule has 1 unspecified atom stereocenters. The van der Waals surface area contributed by atoms with Gasteiger partial charge in [-0.1, -0.05) is 26.1 Å². The number of ether oxygens (including phenoxy) is 1. The van der Waals surface area contributed by atoms with Crippen LogP contribution in [0, 0.1) is 5.82 Å². The Kier molecular flexibility index (Phi) is 8.24. The third-order valence-electron chi connectivity index (χ3n) is 7.12. The van der Waals surface area contributed by atoms with E-state index in [9.17, 15) is 4.39 Å². The first-order chi connectivity index (χ1) is 16.8. The first-order valence-corrected chi connectivity index (χ1v) is 16.6. The van der Waals surface area contributed by atoms with Crippen LogP contribution in [0.25, 0.3) is 22.2 Å². The van der Waals surface area contributed by atoms with Crippen molar-refractivity contribution < 1.29 is 9.13 Å². The number of methoxy groups -OCH3 is 1. The van der Waals surface area contributed by atoms with Crippen LogP contribution >= 0.6 is 0 Å². The zero-order valence-electron chi connectivity index (χ0n) is 21.7. The Balaban J connectivity index is 0.000000314. The molecule has 8 heteroatoms. The van der Waals surface area contributed by atoms with Crippen LogP contribution in [-0.2, 0) is 4.74 Å². The number of aromatic nitrogens is 3. The van der Waals surface area contributed by atoms with Gasteiger partial charge in [-0.15, -0.1) is 0 Å². The van der Waals surface area contributed by atoms with Crippen molar-refractivity contribution in [3.8, 4) is 11.1 Å². The van der Waals surface area contributed by atoms with E-state index < -0.39 is 8.07 Å². The second-order valence-corrected chi connectivity index (χ2v) is 16.8. The monoisotopic (exact) mass is 497 g/mol. The Morgan fingerprint density at radius 3 is 2.69 bits per heavy atom. The molecule has 0 aliphatic carbocycles. The molecule has 0 aromatic carbocycles. The summed E-state index contributed by atoms with van der Waals surface area (Å²) in [5.74, 6) is -0.323. The van der Waals surface area contributed by atoms with Crippen molar-refractivity contribution in [2.45, 2.75) is 63.3 Å². The maximum Gasteiger partial charge on any atom is 0.142 e. The SMILES string of the molecule is COCC[Si](C)(C)C.Fc1cncc(-c2c[nH]c3nccc(N4CCCC5(CCCCN5)C4)c23)c1. The smallest absolute Gasteiger partial charge is 0.142 e. The van der Waals surface area contributed by atoms with Gasteiger partial charge in [-0.3, -0.25) is 4.98 Å². The molecule has 1 spiro atoms. The third kappa shape index (κ3) is 6.48. The van der Waals surface area contributed by atoms with Crippen molar-refractivity contribution in [1.29, 1.82) is 0 Å². The summed E-state index contributed by atoms with van der Waals surface area (Å²) in [6.07, 6.45) is 13.0. The summed E-state index contributed by atoms with van der Waals surface area (Å²) in [6, 6.07) is 4.91. The summed E-state index contributed by atoms with van der Waals surface area (Å²) in [5.41, 5.74) is 3.97. The predicted octanol–water partition coefficient (Wildman–Crippen LogP) is 5.85.